The lowest BCUT2D eigenvalue weighted by Gasteiger charge is -2.07. The van der Waals surface area contributed by atoms with Crippen LogP contribution >= 0.6 is 0 Å². The molecule has 0 aromatic heterocycles. The second-order valence-electron chi connectivity index (χ2n) is 3.15. The summed E-state index contributed by atoms with van der Waals surface area (Å²) in [6.45, 7) is 6.15. The van der Waals surface area contributed by atoms with E-state index in [1.807, 2.05) is 26.0 Å². The number of hydrogen-bond acceptors (Lipinski definition) is 1. The monoisotopic (exact) mass is 162 g/mol. The first-order valence-electron chi connectivity index (χ1n) is 3.94. The maximum Gasteiger partial charge on any atom is 0.122 e. The van der Waals surface area contributed by atoms with Crippen molar-refractivity contribution >= 4 is 5.84 Å². The van der Waals surface area contributed by atoms with E-state index in [2.05, 4.69) is 6.92 Å². The van der Waals surface area contributed by atoms with Crippen LogP contribution in [-0.4, -0.2) is 5.84 Å². The molecule has 0 radical (unpaired) electrons. The number of nitrogen functional groups attached to an aromatic ring is 1. The molecule has 0 fully saturated rings. The molecule has 1 aromatic carbocycles. The van der Waals surface area contributed by atoms with E-state index in [1.54, 1.807) is 0 Å². The molecule has 0 aliphatic carbocycles. The van der Waals surface area contributed by atoms with Gasteiger partial charge in [-0.1, -0.05) is 0 Å². The fourth-order valence-corrected chi connectivity index (χ4v) is 1.19. The standard InChI is InChI=1S/C10H14N2/c1-6-4-9(10(11)12)5-7(2)8(6)3/h4-5H,1-3H3,(H3,11,12). The summed E-state index contributed by atoms with van der Waals surface area (Å²) in [7, 11) is 0. The maximum absolute atomic E-state index is 7.28. The van der Waals surface area contributed by atoms with Crippen LogP contribution in [0.25, 0.3) is 0 Å². The Bertz CT molecular complexity index is 304. The molecule has 2 nitrogen and oxygen atoms in total. The molecular formula is C10H14N2. The van der Waals surface area contributed by atoms with Crippen LogP contribution < -0.4 is 5.73 Å². The number of benzene rings is 1. The Hall–Kier alpha value is -1.31. The molecule has 0 aliphatic heterocycles. The molecule has 0 heterocycles. The molecular weight excluding hydrogens is 148 g/mol. The van der Waals surface area contributed by atoms with Crippen molar-refractivity contribution in [2.24, 2.45) is 5.73 Å². The van der Waals surface area contributed by atoms with Crippen molar-refractivity contribution < 1.29 is 0 Å². The fraction of sp³-hybridized carbons (Fsp3) is 0.300. The SMILES string of the molecule is Cc1cc(C(=N)N)cc(C)c1C. The quantitative estimate of drug-likeness (QED) is 0.481. The Labute approximate surface area is 72.9 Å². The normalized spacial score (nSPS) is 9.92. The van der Waals surface area contributed by atoms with E-state index in [0.29, 0.717) is 0 Å². The van der Waals surface area contributed by atoms with Crippen LogP contribution in [0.1, 0.15) is 22.3 Å². The Morgan fingerprint density at radius 3 is 1.92 bits per heavy atom. The van der Waals surface area contributed by atoms with Gasteiger partial charge in [0.15, 0.2) is 0 Å². The highest BCUT2D eigenvalue weighted by Gasteiger charge is 2.01. The van der Waals surface area contributed by atoms with Crippen molar-refractivity contribution in [2.45, 2.75) is 20.8 Å². The lowest BCUT2D eigenvalue weighted by atomic mass is 10.0. The highest BCUT2D eigenvalue weighted by Crippen LogP contribution is 2.14. The van der Waals surface area contributed by atoms with Crippen LogP contribution in [0.15, 0.2) is 12.1 Å². The van der Waals surface area contributed by atoms with Crippen LogP contribution in [0.4, 0.5) is 0 Å². The fourth-order valence-electron chi connectivity index (χ4n) is 1.19. The highest BCUT2D eigenvalue weighted by molar-refractivity contribution is 5.95. The molecule has 0 amide bonds. The number of nitrogens with two attached hydrogens (primary N) is 1. The number of nitrogens with one attached hydrogen (secondary N) is 1. The van der Waals surface area contributed by atoms with E-state index in [4.69, 9.17) is 11.1 Å². The molecule has 1 rings (SSSR count). The zero-order chi connectivity index (χ0) is 9.30. The Balaban J connectivity index is 3.31. The second kappa shape index (κ2) is 2.97. The van der Waals surface area contributed by atoms with Crippen LogP contribution in [0.2, 0.25) is 0 Å². The van der Waals surface area contributed by atoms with Crippen LogP contribution in [0, 0.1) is 26.2 Å². The van der Waals surface area contributed by atoms with Gasteiger partial charge in [0.25, 0.3) is 0 Å². The van der Waals surface area contributed by atoms with Crippen molar-refractivity contribution in [3.63, 3.8) is 0 Å². The largest absolute Gasteiger partial charge is 0.384 e. The predicted octanol–water partition coefficient (Wildman–Crippen LogP) is 1.90. The van der Waals surface area contributed by atoms with Gasteiger partial charge in [0.1, 0.15) is 5.84 Å². The van der Waals surface area contributed by atoms with Crippen molar-refractivity contribution in [3.8, 4) is 0 Å². The summed E-state index contributed by atoms with van der Waals surface area (Å²) in [6.07, 6.45) is 0. The third-order valence-corrected chi connectivity index (χ3v) is 2.24. The molecule has 0 aliphatic rings. The third kappa shape index (κ3) is 1.47. The molecule has 2 heteroatoms. The number of amidine groups is 1. The summed E-state index contributed by atoms with van der Waals surface area (Å²) in [5, 5.41) is 7.28. The van der Waals surface area contributed by atoms with E-state index in [9.17, 15) is 0 Å². The molecule has 0 unspecified atom stereocenters. The molecule has 12 heavy (non-hydrogen) atoms. The smallest absolute Gasteiger partial charge is 0.122 e. The van der Waals surface area contributed by atoms with E-state index < -0.39 is 0 Å². The van der Waals surface area contributed by atoms with Crippen molar-refractivity contribution in [1.29, 1.82) is 5.41 Å². The van der Waals surface area contributed by atoms with Crippen LogP contribution in [0.5, 0.6) is 0 Å². The third-order valence-electron chi connectivity index (χ3n) is 2.24. The number of hydrogen-bond donors (Lipinski definition) is 2. The van der Waals surface area contributed by atoms with Gasteiger partial charge >= 0.3 is 0 Å². The molecule has 0 saturated carbocycles. The Morgan fingerprint density at radius 1 is 1.17 bits per heavy atom. The van der Waals surface area contributed by atoms with Gasteiger partial charge in [0, 0.05) is 5.56 Å². The summed E-state index contributed by atoms with van der Waals surface area (Å²) >= 11 is 0. The van der Waals surface area contributed by atoms with E-state index >= 15 is 0 Å². The minimum atomic E-state index is 0.140. The molecule has 64 valence electrons. The van der Waals surface area contributed by atoms with Gasteiger partial charge in [-0.25, -0.2) is 0 Å². The average molecular weight is 162 g/mol. The van der Waals surface area contributed by atoms with Crippen LogP contribution in [0.3, 0.4) is 0 Å². The van der Waals surface area contributed by atoms with Crippen molar-refractivity contribution in [2.75, 3.05) is 0 Å². The Morgan fingerprint density at radius 2 is 1.58 bits per heavy atom. The van der Waals surface area contributed by atoms with E-state index in [1.165, 1.54) is 16.7 Å². The zero-order valence-corrected chi connectivity index (χ0v) is 7.73. The second-order valence-corrected chi connectivity index (χ2v) is 3.15. The van der Waals surface area contributed by atoms with Gasteiger partial charge in [-0.05, 0) is 49.6 Å². The first kappa shape index (κ1) is 8.78. The average Bonchev–Trinajstić information content (AvgIpc) is 1.99. The van der Waals surface area contributed by atoms with E-state index in [0.717, 1.165) is 5.56 Å². The number of aryl methyl sites for hydroxylation is 2. The van der Waals surface area contributed by atoms with Gasteiger partial charge < -0.3 is 5.73 Å². The maximum atomic E-state index is 7.28. The topological polar surface area (TPSA) is 49.9 Å². The summed E-state index contributed by atoms with van der Waals surface area (Å²) in [4.78, 5) is 0. The Kier molecular flexibility index (Phi) is 2.18. The lowest BCUT2D eigenvalue weighted by molar-refractivity contribution is 1.25. The highest BCUT2D eigenvalue weighted by atomic mass is 14.7. The minimum Gasteiger partial charge on any atom is -0.384 e. The first-order chi connectivity index (χ1) is 5.52. The lowest BCUT2D eigenvalue weighted by Crippen LogP contribution is -2.11. The van der Waals surface area contributed by atoms with Gasteiger partial charge in [0.2, 0.25) is 0 Å². The van der Waals surface area contributed by atoms with Gasteiger partial charge in [-0.3, -0.25) is 5.41 Å². The van der Waals surface area contributed by atoms with Crippen LogP contribution in [-0.2, 0) is 0 Å². The summed E-state index contributed by atoms with van der Waals surface area (Å²) in [6, 6.07) is 3.90. The molecule has 0 spiro atoms. The predicted molar refractivity (Wildman–Crippen MR) is 51.7 cm³/mol. The summed E-state index contributed by atoms with van der Waals surface area (Å²) < 4.78 is 0. The zero-order valence-electron chi connectivity index (χ0n) is 7.73. The first-order valence-corrected chi connectivity index (χ1v) is 3.94. The van der Waals surface area contributed by atoms with Gasteiger partial charge in [0.05, 0.1) is 0 Å². The van der Waals surface area contributed by atoms with Crippen molar-refractivity contribution in [1.82, 2.24) is 0 Å². The van der Waals surface area contributed by atoms with Crippen molar-refractivity contribution in [3.05, 3.63) is 34.4 Å². The van der Waals surface area contributed by atoms with Gasteiger partial charge in [-0.15, -0.1) is 0 Å². The molecule has 1 aromatic rings. The summed E-state index contributed by atoms with van der Waals surface area (Å²) in [5.74, 6) is 0.140. The molecule has 0 bridgehead atoms. The summed E-state index contributed by atoms with van der Waals surface area (Å²) in [5.41, 5.74) is 9.87. The molecule has 0 atom stereocenters. The molecule has 0 saturated heterocycles. The molecule has 3 N–H and O–H groups in total. The van der Waals surface area contributed by atoms with E-state index in [-0.39, 0.29) is 5.84 Å². The number of rotatable bonds is 1. The minimum absolute atomic E-state index is 0.140. The van der Waals surface area contributed by atoms with Gasteiger partial charge in [-0.2, -0.15) is 0 Å².